The fourth-order valence-electron chi connectivity index (χ4n) is 6.78. The van der Waals surface area contributed by atoms with Crippen molar-refractivity contribution < 1.29 is 29.2 Å². The third-order valence-electron chi connectivity index (χ3n) is 9.29. The molecule has 2 aliphatic carbocycles. The highest BCUT2D eigenvalue weighted by Gasteiger charge is 2.29. The predicted molar refractivity (Wildman–Crippen MR) is 177 cm³/mol. The molecule has 0 spiro atoms. The van der Waals surface area contributed by atoms with Gasteiger partial charge in [-0.3, -0.25) is 15.1 Å². The Hall–Kier alpha value is -3.94. The Morgan fingerprint density at radius 1 is 1.07 bits per heavy atom. The fourth-order valence-corrected chi connectivity index (χ4v) is 6.78. The minimum Gasteiger partial charge on any atom is -0.504 e. The van der Waals surface area contributed by atoms with E-state index in [1.807, 2.05) is 0 Å². The number of fused-ring (bicyclic) bond motifs is 5. The molecule has 46 heavy (non-hydrogen) atoms. The minimum atomic E-state index is -0.764. The summed E-state index contributed by atoms with van der Waals surface area (Å²) in [5.41, 5.74) is 15.5. The first-order valence-electron chi connectivity index (χ1n) is 16.6. The molecule has 248 valence electrons. The quantitative estimate of drug-likeness (QED) is 0.127. The molecule has 1 fully saturated rings. The zero-order valence-electron chi connectivity index (χ0n) is 26.9. The van der Waals surface area contributed by atoms with Gasteiger partial charge in [0.15, 0.2) is 29.0 Å². The molecule has 1 heterocycles. The summed E-state index contributed by atoms with van der Waals surface area (Å²) < 4.78 is 18.5. The number of aliphatic hydroxyl groups is 1. The lowest BCUT2D eigenvalue weighted by Gasteiger charge is -2.30. The van der Waals surface area contributed by atoms with Crippen LogP contribution in [0.25, 0.3) is 0 Å². The van der Waals surface area contributed by atoms with E-state index in [0.717, 1.165) is 53.7 Å². The molecule has 1 aliphatic heterocycles. The van der Waals surface area contributed by atoms with Gasteiger partial charge in [-0.1, -0.05) is 43.2 Å². The van der Waals surface area contributed by atoms with Gasteiger partial charge in [0.25, 0.3) is 0 Å². The van der Waals surface area contributed by atoms with Crippen LogP contribution >= 0.6 is 0 Å². The summed E-state index contributed by atoms with van der Waals surface area (Å²) in [6, 6.07) is 5.91. The molecule has 10 heteroatoms. The van der Waals surface area contributed by atoms with Crippen LogP contribution in [0.3, 0.4) is 0 Å². The van der Waals surface area contributed by atoms with Gasteiger partial charge in [0.1, 0.15) is 12.5 Å². The lowest BCUT2D eigenvalue weighted by Crippen LogP contribution is -2.34. The van der Waals surface area contributed by atoms with Crippen molar-refractivity contribution in [3.05, 3.63) is 46.0 Å². The Balaban J connectivity index is 1.53. The first-order valence-corrected chi connectivity index (χ1v) is 16.6. The number of guanidine groups is 1. The van der Waals surface area contributed by atoms with Crippen LogP contribution in [0, 0.1) is 17.8 Å². The molecule has 1 saturated carbocycles. The van der Waals surface area contributed by atoms with E-state index in [1.165, 1.54) is 26.4 Å². The number of nitrogens with two attached hydrogens (primary N) is 2. The van der Waals surface area contributed by atoms with E-state index in [2.05, 4.69) is 28.2 Å². The third kappa shape index (κ3) is 8.65. The number of carbonyl (C=O) groups excluding carboxylic acids is 1. The Morgan fingerprint density at radius 2 is 1.89 bits per heavy atom. The largest absolute Gasteiger partial charge is 0.504 e. The molecular weight excluding hydrogens is 584 g/mol. The molecule has 0 saturated heterocycles. The number of rotatable bonds is 8. The Labute approximate surface area is 271 Å². The number of phenolic OH excluding ortho intramolecular Hbond substituents is 1. The van der Waals surface area contributed by atoms with Crippen LogP contribution in [0.4, 0.5) is 0 Å². The number of hydrogen-bond acceptors (Lipinski definition) is 8. The van der Waals surface area contributed by atoms with Crippen LogP contribution in [0.1, 0.15) is 85.6 Å². The highest BCUT2D eigenvalue weighted by Crippen LogP contribution is 2.43. The van der Waals surface area contributed by atoms with Gasteiger partial charge in [-0.25, -0.2) is 0 Å². The molecule has 0 radical (unpaired) electrons. The first kappa shape index (κ1) is 33.4. The Morgan fingerprint density at radius 3 is 2.67 bits per heavy atom. The lowest BCUT2D eigenvalue weighted by molar-refractivity contribution is -0.121. The van der Waals surface area contributed by atoms with Crippen LogP contribution in [-0.4, -0.2) is 61.1 Å². The maximum absolute atomic E-state index is 12.9. The average Bonchev–Trinajstić information content (AvgIpc) is 3.04. The topological polar surface area (TPSA) is 162 Å². The van der Waals surface area contributed by atoms with Crippen molar-refractivity contribution in [2.24, 2.45) is 22.4 Å². The van der Waals surface area contributed by atoms with Crippen molar-refractivity contribution in [1.82, 2.24) is 5.32 Å². The smallest absolute Gasteiger partial charge is 0.185 e. The number of ketones is 1. The zero-order valence-corrected chi connectivity index (χ0v) is 26.9. The molecular formula is C36H48N4O6. The molecule has 0 amide bonds. The van der Waals surface area contributed by atoms with Crippen LogP contribution < -0.4 is 31.0 Å². The van der Waals surface area contributed by atoms with E-state index >= 15 is 0 Å². The van der Waals surface area contributed by atoms with Gasteiger partial charge in [0.05, 0.1) is 25.4 Å². The van der Waals surface area contributed by atoms with E-state index in [4.69, 9.17) is 25.7 Å². The second-order valence-electron chi connectivity index (χ2n) is 12.7. The number of carbonyl (C=O) groups is 1. The molecule has 10 nitrogen and oxygen atoms in total. The SMILES string of the molecule is COc1c(O)ccc2c1C#CCc1cc(c3c(c1OCNC1CCCCC1)OCC(CCN=C(N)N)C3)CCC(O)CC(=O)CC2. The first-order chi connectivity index (χ1) is 22.3. The summed E-state index contributed by atoms with van der Waals surface area (Å²) in [7, 11) is 1.50. The van der Waals surface area contributed by atoms with E-state index in [9.17, 15) is 15.0 Å². The maximum atomic E-state index is 12.9. The normalized spacial score (nSPS) is 20.4. The number of hydrogen-bond donors (Lipinski definition) is 5. The molecule has 7 N–H and O–H groups in total. The van der Waals surface area contributed by atoms with E-state index in [1.54, 1.807) is 12.1 Å². The van der Waals surface area contributed by atoms with Crippen LogP contribution in [0.15, 0.2) is 23.2 Å². The number of aliphatic hydroxyl groups excluding tert-OH is 1. The number of ether oxygens (including phenoxy) is 3. The van der Waals surface area contributed by atoms with Gasteiger partial charge in [-0.2, -0.15) is 0 Å². The molecule has 2 atom stereocenters. The monoisotopic (exact) mass is 632 g/mol. The third-order valence-corrected chi connectivity index (χ3v) is 9.29. The van der Waals surface area contributed by atoms with E-state index in [-0.39, 0.29) is 42.0 Å². The summed E-state index contributed by atoms with van der Waals surface area (Å²) >= 11 is 0. The molecule has 3 aliphatic rings. The number of methoxy groups -OCH3 is 1. The van der Waals surface area contributed by atoms with E-state index in [0.29, 0.717) is 62.9 Å². The number of aromatic hydroxyl groups is 1. The second kappa shape index (κ2) is 16.1. The van der Waals surface area contributed by atoms with Crippen molar-refractivity contribution in [1.29, 1.82) is 0 Å². The zero-order chi connectivity index (χ0) is 32.5. The summed E-state index contributed by atoms with van der Waals surface area (Å²) in [5.74, 6) is 8.50. The van der Waals surface area contributed by atoms with Crippen molar-refractivity contribution in [3.63, 3.8) is 0 Å². The molecule has 2 aromatic rings. The van der Waals surface area contributed by atoms with Crippen molar-refractivity contribution in [3.8, 4) is 34.8 Å². The summed E-state index contributed by atoms with van der Waals surface area (Å²) in [4.78, 5) is 17.0. The number of nitrogens with zero attached hydrogens (tertiary/aromatic N) is 1. The highest BCUT2D eigenvalue weighted by molar-refractivity contribution is 5.79. The summed E-state index contributed by atoms with van der Waals surface area (Å²) in [6.07, 6.45) is 8.98. The fraction of sp³-hybridized carbons (Fsp3) is 0.556. The number of aliphatic imine (C=N–C) groups is 1. The number of benzene rings is 2. The molecule has 2 bridgehead atoms. The lowest BCUT2D eigenvalue weighted by atomic mass is 9.86. The van der Waals surface area contributed by atoms with Gasteiger partial charge >= 0.3 is 0 Å². The Bertz CT molecular complexity index is 1470. The van der Waals surface area contributed by atoms with Crippen LogP contribution in [-0.2, 0) is 30.5 Å². The van der Waals surface area contributed by atoms with Crippen molar-refractivity contribution in [2.75, 3.05) is 27.0 Å². The minimum absolute atomic E-state index is 0.00751. The van der Waals surface area contributed by atoms with Crippen molar-refractivity contribution in [2.45, 2.75) is 95.6 Å². The number of Topliss-reactive ketones (excluding diaryl/α,β-unsaturated/α-hetero) is 1. The Kier molecular flexibility index (Phi) is 11.7. The molecule has 2 aromatic carbocycles. The van der Waals surface area contributed by atoms with Gasteiger partial charge < -0.3 is 35.9 Å². The van der Waals surface area contributed by atoms with Gasteiger partial charge in [-0.15, -0.1) is 0 Å². The second-order valence-corrected chi connectivity index (χ2v) is 12.7. The van der Waals surface area contributed by atoms with E-state index < -0.39 is 6.10 Å². The van der Waals surface area contributed by atoms with Gasteiger partial charge in [0.2, 0.25) is 0 Å². The highest BCUT2D eigenvalue weighted by atomic mass is 16.5. The van der Waals surface area contributed by atoms with Crippen LogP contribution in [0.2, 0.25) is 0 Å². The van der Waals surface area contributed by atoms with Gasteiger partial charge in [0, 0.05) is 43.0 Å². The average molecular weight is 633 g/mol. The van der Waals surface area contributed by atoms with Gasteiger partial charge in [-0.05, 0) is 68.1 Å². The summed E-state index contributed by atoms with van der Waals surface area (Å²) in [5, 5.41) is 25.0. The maximum Gasteiger partial charge on any atom is 0.185 e. The predicted octanol–water partition coefficient (Wildman–Crippen LogP) is 3.67. The molecule has 0 aromatic heterocycles. The number of phenols is 1. The van der Waals surface area contributed by atoms with Crippen molar-refractivity contribution >= 4 is 11.7 Å². The molecule has 5 rings (SSSR count). The molecule has 2 unspecified atom stereocenters. The number of nitrogens with one attached hydrogen (secondary N) is 1. The number of aryl methyl sites for hydroxylation is 2. The standard InChI is InChI=1S/C36H48N4O6/c1-44-34-30-9-5-6-26-19-25(11-14-29(42)20-28(41)13-10-24(30)12-15-32(34)43)31-18-23(16-17-39-36(37)38)21-45-35(31)33(26)46-22-40-27-7-3-2-4-8-27/h12,15,19,23,27,29,40,42-43H,2-4,6-8,10-11,13-14,16-18,20-22H2,1H3,(H4,37,38,39). The summed E-state index contributed by atoms with van der Waals surface area (Å²) in [6.45, 7) is 1.39. The van der Waals surface area contributed by atoms with Crippen LogP contribution in [0.5, 0.6) is 23.0 Å².